The van der Waals surface area contributed by atoms with Crippen molar-refractivity contribution in [1.82, 2.24) is 10.6 Å². The molecule has 0 unspecified atom stereocenters. The summed E-state index contributed by atoms with van der Waals surface area (Å²) in [5.74, 6) is -0.259. The molecule has 40 heavy (non-hydrogen) atoms. The Hall–Kier alpha value is -0.270. The van der Waals surface area contributed by atoms with Crippen molar-refractivity contribution in [3.8, 4) is 0 Å². The second kappa shape index (κ2) is 13.2. The van der Waals surface area contributed by atoms with Crippen LogP contribution in [0.25, 0.3) is 0 Å². The topological polar surface area (TPSA) is 176 Å². The number of amides is 2. The second-order valence-electron chi connectivity index (χ2n) is 13.4. The van der Waals surface area contributed by atoms with E-state index < -0.39 is 34.0 Å². The summed E-state index contributed by atoms with van der Waals surface area (Å²) in [7, 11) is -4.41. The summed E-state index contributed by atoms with van der Waals surface area (Å²) in [5.41, 5.74) is -0.306. The van der Waals surface area contributed by atoms with Gasteiger partial charge in [-0.05, 0) is 97.7 Å². The molecule has 224 valence electrons. The standard InChI is InChI=1S/C28H48N2O8S.Na/c1-16(4-7-24(34)30-15-25(35)29-10-11-39(36,37)38)19-5-6-20-26-21(14-23(33)28(19,20)3)27(2)9-8-18(31)12-17(27)13-22(26)32;/h16-23,26,31-33H,4-15H2,1-3H3,(H,29,35)(H,30,34)(H,36,37,38);/q;+1/p-1/t16-,17+,18-,19-,20+,21+,22-,23+,26+,27+,28-;/m0./s1. The number of carbonyl (C=O) groups is 2. The molecule has 4 aliphatic carbocycles. The molecule has 0 aromatic carbocycles. The second-order valence-corrected chi connectivity index (χ2v) is 15.0. The maximum Gasteiger partial charge on any atom is 1.00 e. The van der Waals surface area contributed by atoms with E-state index in [9.17, 15) is 37.9 Å². The molecular formula is C28H47N2NaO8S. The van der Waals surface area contributed by atoms with Crippen molar-refractivity contribution in [2.24, 2.45) is 46.3 Å². The van der Waals surface area contributed by atoms with Crippen molar-refractivity contribution in [2.75, 3.05) is 18.8 Å². The van der Waals surface area contributed by atoms with Gasteiger partial charge in [-0.2, -0.15) is 0 Å². The summed E-state index contributed by atoms with van der Waals surface area (Å²) < 4.78 is 31.9. The number of hydrogen-bond acceptors (Lipinski definition) is 8. The number of fused-ring (bicyclic) bond motifs is 5. The SMILES string of the molecule is C[C@@H](CCC(=O)NCC(=O)NCCS(=O)(=O)[O-])[C@@H]1CC[C@@H]2[C@@H]3[C@@H](C[C@@H](O)[C@]21C)[C@]1(C)CC[C@H](O)C[C@@H]1C[C@@H]3O.[Na+]. The number of rotatable bonds is 9. The first kappa shape index (κ1) is 34.2. The molecule has 0 aromatic heterocycles. The maximum atomic E-state index is 12.4. The van der Waals surface area contributed by atoms with Crippen LogP contribution in [0.3, 0.4) is 0 Å². The number of aliphatic hydroxyl groups excluding tert-OH is 3. The normalized spacial score (nSPS) is 41.5. The Balaban J connectivity index is 0.00000441. The van der Waals surface area contributed by atoms with E-state index in [0.717, 1.165) is 38.5 Å². The average molecular weight is 595 g/mol. The van der Waals surface area contributed by atoms with Gasteiger partial charge < -0.3 is 30.5 Å². The monoisotopic (exact) mass is 594 g/mol. The molecule has 0 spiro atoms. The number of hydrogen-bond donors (Lipinski definition) is 5. The van der Waals surface area contributed by atoms with Crippen molar-refractivity contribution in [3.63, 3.8) is 0 Å². The molecule has 0 radical (unpaired) electrons. The first-order chi connectivity index (χ1) is 18.2. The van der Waals surface area contributed by atoms with E-state index in [2.05, 4.69) is 31.4 Å². The molecule has 2 amide bonds. The van der Waals surface area contributed by atoms with E-state index in [-0.39, 0.29) is 107 Å². The molecule has 10 nitrogen and oxygen atoms in total. The van der Waals surface area contributed by atoms with Crippen LogP contribution >= 0.6 is 0 Å². The molecule has 11 atom stereocenters. The van der Waals surface area contributed by atoms with Crippen LogP contribution in [0.4, 0.5) is 0 Å². The average Bonchev–Trinajstić information content (AvgIpc) is 3.20. The third kappa shape index (κ3) is 6.93. The fraction of sp³-hybridized carbons (Fsp3) is 0.929. The minimum absolute atomic E-state index is 0. The number of aliphatic hydroxyl groups is 3. The zero-order valence-corrected chi connectivity index (χ0v) is 27.3. The summed E-state index contributed by atoms with van der Waals surface area (Å²) in [6, 6.07) is 0. The Labute approximate surface area is 260 Å². The molecule has 0 aromatic rings. The molecule has 4 fully saturated rings. The van der Waals surface area contributed by atoms with E-state index in [0.29, 0.717) is 12.8 Å². The quantitative estimate of drug-likeness (QED) is 0.153. The molecule has 0 saturated heterocycles. The Morgan fingerprint density at radius 3 is 2.38 bits per heavy atom. The summed E-state index contributed by atoms with van der Waals surface area (Å²) in [6.45, 7) is 6.05. The van der Waals surface area contributed by atoms with Crippen LogP contribution in [0, 0.1) is 46.3 Å². The molecule has 4 saturated carbocycles. The van der Waals surface area contributed by atoms with E-state index in [1.54, 1.807) is 0 Å². The van der Waals surface area contributed by atoms with E-state index >= 15 is 0 Å². The Morgan fingerprint density at radius 1 is 1.00 bits per heavy atom. The van der Waals surface area contributed by atoms with Crippen LogP contribution in [0.2, 0.25) is 0 Å². The van der Waals surface area contributed by atoms with Gasteiger partial charge in [0.1, 0.15) is 0 Å². The molecular weight excluding hydrogens is 547 g/mol. The maximum absolute atomic E-state index is 12.4. The van der Waals surface area contributed by atoms with Crippen LogP contribution in [-0.2, 0) is 19.7 Å². The van der Waals surface area contributed by atoms with Crippen LogP contribution in [0.15, 0.2) is 0 Å². The van der Waals surface area contributed by atoms with Gasteiger partial charge in [-0.1, -0.05) is 20.8 Å². The van der Waals surface area contributed by atoms with Crippen LogP contribution < -0.4 is 40.2 Å². The van der Waals surface area contributed by atoms with E-state index in [4.69, 9.17) is 0 Å². The predicted octanol–water partition coefficient (Wildman–Crippen LogP) is -1.85. The summed E-state index contributed by atoms with van der Waals surface area (Å²) >= 11 is 0. The number of nitrogens with one attached hydrogen (secondary N) is 2. The third-order valence-electron chi connectivity index (χ3n) is 11.5. The van der Waals surface area contributed by atoms with Gasteiger partial charge in [-0.15, -0.1) is 0 Å². The van der Waals surface area contributed by atoms with Gasteiger partial charge >= 0.3 is 29.6 Å². The molecule has 0 bridgehead atoms. The van der Waals surface area contributed by atoms with Crippen molar-refractivity contribution in [1.29, 1.82) is 0 Å². The van der Waals surface area contributed by atoms with Gasteiger partial charge in [-0.3, -0.25) is 9.59 Å². The van der Waals surface area contributed by atoms with E-state index in [1.807, 2.05) is 0 Å². The summed E-state index contributed by atoms with van der Waals surface area (Å²) in [6.07, 6.45) is 5.39. The van der Waals surface area contributed by atoms with Gasteiger partial charge in [0.25, 0.3) is 0 Å². The van der Waals surface area contributed by atoms with Crippen molar-refractivity contribution < 1.29 is 67.4 Å². The molecule has 4 rings (SSSR count). The first-order valence-corrected chi connectivity index (χ1v) is 16.3. The van der Waals surface area contributed by atoms with Crippen molar-refractivity contribution >= 4 is 21.9 Å². The minimum Gasteiger partial charge on any atom is -0.748 e. The summed E-state index contributed by atoms with van der Waals surface area (Å²) in [4.78, 5) is 24.2. The third-order valence-corrected chi connectivity index (χ3v) is 12.2. The van der Waals surface area contributed by atoms with Gasteiger partial charge in [0, 0.05) is 13.0 Å². The Bertz CT molecular complexity index is 1030. The van der Waals surface area contributed by atoms with Gasteiger partial charge in [0.2, 0.25) is 11.8 Å². The van der Waals surface area contributed by atoms with Gasteiger partial charge in [0.05, 0.1) is 40.7 Å². The van der Waals surface area contributed by atoms with Crippen LogP contribution in [0.5, 0.6) is 0 Å². The smallest absolute Gasteiger partial charge is 0.748 e. The van der Waals surface area contributed by atoms with Gasteiger partial charge in [-0.25, -0.2) is 8.42 Å². The molecule has 12 heteroatoms. The molecule has 4 aliphatic rings. The largest absolute Gasteiger partial charge is 1.00 e. The Kier molecular flexibility index (Phi) is 11.3. The fourth-order valence-corrected chi connectivity index (χ4v) is 9.69. The van der Waals surface area contributed by atoms with Crippen molar-refractivity contribution in [3.05, 3.63) is 0 Å². The predicted molar refractivity (Wildman–Crippen MR) is 143 cm³/mol. The molecule has 5 N–H and O–H groups in total. The summed E-state index contributed by atoms with van der Waals surface area (Å²) in [5, 5.41) is 38.2. The Morgan fingerprint density at radius 2 is 1.70 bits per heavy atom. The minimum atomic E-state index is -4.41. The molecule has 0 heterocycles. The first-order valence-electron chi connectivity index (χ1n) is 14.7. The number of carbonyl (C=O) groups excluding carboxylic acids is 2. The van der Waals surface area contributed by atoms with E-state index in [1.165, 1.54) is 0 Å². The van der Waals surface area contributed by atoms with Gasteiger partial charge in [0.15, 0.2) is 0 Å². The molecule has 0 aliphatic heterocycles. The van der Waals surface area contributed by atoms with Crippen LogP contribution in [0.1, 0.15) is 78.6 Å². The zero-order valence-electron chi connectivity index (χ0n) is 24.5. The zero-order chi connectivity index (χ0) is 28.8. The fourth-order valence-electron chi connectivity index (χ4n) is 9.34. The van der Waals surface area contributed by atoms with Crippen LogP contribution in [-0.4, -0.2) is 77.3 Å². The van der Waals surface area contributed by atoms with Crippen molar-refractivity contribution in [2.45, 2.75) is 96.9 Å².